The number of benzene rings is 2. The lowest BCUT2D eigenvalue weighted by molar-refractivity contribution is 0.0953. The fourth-order valence-corrected chi connectivity index (χ4v) is 2.09. The molecule has 0 fully saturated rings. The zero-order valence-corrected chi connectivity index (χ0v) is 12.8. The van der Waals surface area contributed by atoms with Crippen LogP contribution in [0.4, 0.5) is 0 Å². The first-order valence-corrected chi connectivity index (χ1v) is 7.10. The number of hydrogen-bond donors (Lipinski definition) is 2. The molecule has 0 unspecified atom stereocenters. The molecule has 0 atom stereocenters. The van der Waals surface area contributed by atoms with Crippen LogP contribution in [0.15, 0.2) is 42.5 Å². The lowest BCUT2D eigenvalue weighted by Gasteiger charge is -2.14. The summed E-state index contributed by atoms with van der Waals surface area (Å²) in [5, 5.41) is 0. The average molecular weight is 300 g/mol. The van der Waals surface area contributed by atoms with Gasteiger partial charge in [0.2, 0.25) is 0 Å². The summed E-state index contributed by atoms with van der Waals surface area (Å²) in [4.78, 5) is 11.6. The lowest BCUT2D eigenvalue weighted by Crippen LogP contribution is -2.30. The first kappa shape index (κ1) is 15.9. The van der Waals surface area contributed by atoms with Crippen LogP contribution >= 0.6 is 0 Å². The third-order valence-corrected chi connectivity index (χ3v) is 3.23. The number of hydrazine groups is 1. The molecule has 1 amide bonds. The zero-order chi connectivity index (χ0) is 15.9. The Hall–Kier alpha value is -2.53. The van der Waals surface area contributed by atoms with E-state index >= 15 is 0 Å². The summed E-state index contributed by atoms with van der Waals surface area (Å²) >= 11 is 0. The predicted octanol–water partition coefficient (Wildman–Crippen LogP) is 2.58. The molecular weight excluding hydrogens is 280 g/mol. The molecule has 116 valence electrons. The molecule has 0 saturated carbocycles. The maximum Gasteiger partial charge on any atom is 0.265 e. The highest BCUT2D eigenvalue weighted by atomic mass is 16.5. The molecule has 0 aliphatic heterocycles. The second-order valence-electron chi connectivity index (χ2n) is 4.78. The molecule has 5 heteroatoms. The minimum Gasteiger partial charge on any atom is -0.493 e. The molecule has 0 heterocycles. The zero-order valence-electron chi connectivity index (χ0n) is 12.8. The molecule has 2 aromatic rings. The van der Waals surface area contributed by atoms with Gasteiger partial charge in [-0.05, 0) is 43.7 Å². The summed E-state index contributed by atoms with van der Waals surface area (Å²) in [6.07, 6.45) is 0. The summed E-state index contributed by atoms with van der Waals surface area (Å²) < 4.78 is 11.4. The number of carbonyl (C=O) groups is 1. The maximum absolute atomic E-state index is 11.6. The van der Waals surface area contributed by atoms with Gasteiger partial charge in [-0.2, -0.15) is 0 Å². The molecule has 22 heavy (non-hydrogen) atoms. The van der Waals surface area contributed by atoms with E-state index in [-0.39, 0.29) is 5.91 Å². The average Bonchev–Trinajstić information content (AvgIpc) is 2.54. The number of para-hydroxylation sites is 1. The number of amides is 1. The van der Waals surface area contributed by atoms with E-state index < -0.39 is 0 Å². The Bertz CT molecular complexity index is 656. The number of nitrogens with two attached hydrogens (primary N) is 1. The molecule has 0 radical (unpaired) electrons. The van der Waals surface area contributed by atoms with Gasteiger partial charge in [-0.15, -0.1) is 0 Å². The summed E-state index contributed by atoms with van der Waals surface area (Å²) in [5.74, 6) is 6.33. The van der Waals surface area contributed by atoms with Gasteiger partial charge >= 0.3 is 0 Å². The van der Waals surface area contributed by atoms with Crippen molar-refractivity contribution in [3.63, 3.8) is 0 Å². The van der Waals surface area contributed by atoms with Gasteiger partial charge in [0.1, 0.15) is 18.1 Å². The highest BCUT2D eigenvalue weighted by molar-refractivity contribution is 5.94. The second-order valence-corrected chi connectivity index (χ2v) is 4.78. The van der Waals surface area contributed by atoms with E-state index in [0.29, 0.717) is 24.5 Å². The number of nitrogens with one attached hydrogen (secondary N) is 1. The first-order chi connectivity index (χ1) is 10.7. The van der Waals surface area contributed by atoms with E-state index in [1.165, 1.54) is 0 Å². The van der Waals surface area contributed by atoms with Gasteiger partial charge in [0.15, 0.2) is 0 Å². The van der Waals surface area contributed by atoms with Crippen LogP contribution in [0.25, 0.3) is 0 Å². The topological polar surface area (TPSA) is 73.6 Å². The smallest absolute Gasteiger partial charge is 0.265 e. The van der Waals surface area contributed by atoms with Crippen LogP contribution in [0, 0.1) is 6.92 Å². The van der Waals surface area contributed by atoms with Crippen molar-refractivity contribution in [3.05, 3.63) is 59.2 Å². The van der Waals surface area contributed by atoms with E-state index in [1.807, 2.05) is 38.1 Å². The maximum atomic E-state index is 11.6. The Kier molecular flexibility index (Phi) is 5.38. The molecule has 0 aliphatic rings. The van der Waals surface area contributed by atoms with Gasteiger partial charge in [0, 0.05) is 11.1 Å². The van der Waals surface area contributed by atoms with Crippen LogP contribution in [-0.4, -0.2) is 12.5 Å². The minimum absolute atomic E-state index is 0.311. The van der Waals surface area contributed by atoms with Gasteiger partial charge < -0.3 is 9.47 Å². The minimum atomic E-state index is -0.347. The van der Waals surface area contributed by atoms with Crippen LogP contribution in [0.2, 0.25) is 0 Å². The largest absolute Gasteiger partial charge is 0.493 e. The third-order valence-electron chi connectivity index (χ3n) is 3.23. The van der Waals surface area contributed by atoms with E-state index in [1.54, 1.807) is 18.2 Å². The third kappa shape index (κ3) is 3.77. The summed E-state index contributed by atoms with van der Waals surface area (Å²) in [6.45, 7) is 4.75. The molecule has 3 N–H and O–H groups in total. The van der Waals surface area contributed by atoms with Gasteiger partial charge in [0.25, 0.3) is 5.91 Å². The molecule has 0 bridgehead atoms. The van der Waals surface area contributed by atoms with E-state index in [4.69, 9.17) is 15.3 Å². The highest BCUT2D eigenvalue weighted by Crippen LogP contribution is 2.24. The SMILES string of the molecule is CCOc1ccc(C(=O)NN)cc1COc1ccccc1C. The van der Waals surface area contributed by atoms with Crippen molar-refractivity contribution in [1.82, 2.24) is 5.43 Å². The summed E-state index contributed by atoms with van der Waals surface area (Å²) in [7, 11) is 0. The van der Waals surface area contributed by atoms with Crippen molar-refractivity contribution >= 4 is 5.91 Å². The first-order valence-electron chi connectivity index (χ1n) is 7.10. The number of rotatable bonds is 6. The van der Waals surface area contributed by atoms with Crippen molar-refractivity contribution < 1.29 is 14.3 Å². The van der Waals surface area contributed by atoms with Crippen molar-refractivity contribution in [2.75, 3.05) is 6.61 Å². The lowest BCUT2D eigenvalue weighted by atomic mass is 10.1. The van der Waals surface area contributed by atoms with Crippen LogP contribution < -0.4 is 20.7 Å². The second kappa shape index (κ2) is 7.47. The van der Waals surface area contributed by atoms with Crippen molar-refractivity contribution in [2.24, 2.45) is 5.84 Å². The molecule has 2 aromatic carbocycles. The summed E-state index contributed by atoms with van der Waals surface area (Å²) in [5.41, 5.74) is 4.44. The van der Waals surface area contributed by atoms with Crippen LogP contribution in [0.1, 0.15) is 28.4 Å². The van der Waals surface area contributed by atoms with Crippen molar-refractivity contribution in [3.8, 4) is 11.5 Å². The molecule has 0 aromatic heterocycles. The number of nitrogen functional groups attached to an aromatic ring is 1. The van der Waals surface area contributed by atoms with E-state index in [9.17, 15) is 4.79 Å². The number of ether oxygens (including phenoxy) is 2. The Balaban J connectivity index is 2.23. The van der Waals surface area contributed by atoms with Crippen LogP contribution in [0.5, 0.6) is 11.5 Å². The predicted molar refractivity (Wildman–Crippen MR) is 84.8 cm³/mol. The highest BCUT2D eigenvalue weighted by Gasteiger charge is 2.11. The Morgan fingerprint density at radius 3 is 2.59 bits per heavy atom. The molecule has 5 nitrogen and oxygen atoms in total. The Morgan fingerprint density at radius 1 is 1.14 bits per heavy atom. The van der Waals surface area contributed by atoms with Gasteiger partial charge in [0.05, 0.1) is 6.61 Å². The van der Waals surface area contributed by atoms with Gasteiger partial charge in [-0.25, -0.2) is 5.84 Å². The van der Waals surface area contributed by atoms with E-state index in [0.717, 1.165) is 16.9 Å². The fourth-order valence-electron chi connectivity index (χ4n) is 2.09. The Labute approximate surface area is 130 Å². The normalized spacial score (nSPS) is 10.1. The fraction of sp³-hybridized carbons (Fsp3) is 0.235. The molecule has 2 rings (SSSR count). The molecule has 0 spiro atoms. The monoisotopic (exact) mass is 300 g/mol. The van der Waals surface area contributed by atoms with Crippen LogP contribution in [0.3, 0.4) is 0 Å². The Morgan fingerprint density at radius 2 is 1.91 bits per heavy atom. The number of carbonyl (C=O) groups excluding carboxylic acids is 1. The van der Waals surface area contributed by atoms with E-state index in [2.05, 4.69) is 5.43 Å². The number of hydrogen-bond acceptors (Lipinski definition) is 4. The van der Waals surface area contributed by atoms with Gasteiger partial charge in [-0.1, -0.05) is 18.2 Å². The van der Waals surface area contributed by atoms with Crippen molar-refractivity contribution in [2.45, 2.75) is 20.5 Å². The standard InChI is InChI=1S/C17H20N2O3/c1-3-21-16-9-8-13(17(20)19-18)10-14(16)11-22-15-7-5-4-6-12(15)2/h4-10H,3,11,18H2,1-2H3,(H,19,20). The van der Waals surface area contributed by atoms with Gasteiger partial charge in [-0.3, -0.25) is 10.2 Å². The summed E-state index contributed by atoms with van der Waals surface area (Å²) in [6, 6.07) is 12.9. The molecular formula is C17H20N2O3. The van der Waals surface area contributed by atoms with Crippen molar-refractivity contribution in [1.29, 1.82) is 0 Å². The van der Waals surface area contributed by atoms with Crippen LogP contribution in [-0.2, 0) is 6.61 Å². The number of aryl methyl sites for hydroxylation is 1. The quantitative estimate of drug-likeness (QED) is 0.488. The molecule has 0 saturated heterocycles. The molecule has 0 aliphatic carbocycles.